The molecule has 31 heavy (non-hydrogen) atoms. The topological polar surface area (TPSA) is 86.8 Å². The number of anilines is 2. The summed E-state index contributed by atoms with van der Waals surface area (Å²) in [6.07, 6.45) is 1.01. The molecule has 8 heteroatoms. The van der Waals surface area contributed by atoms with Crippen LogP contribution in [0.4, 0.5) is 11.4 Å². The van der Waals surface area contributed by atoms with Gasteiger partial charge in [-0.1, -0.05) is 19.9 Å². The van der Waals surface area contributed by atoms with Gasteiger partial charge in [-0.05, 0) is 60.7 Å². The molecule has 2 amide bonds. The van der Waals surface area contributed by atoms with Gasteiger partial charge in [0.15, 0.2) is 0 Å². The zero-order valence-corrected chi connectivity index (χ0v) is 19.1. The zero-order chi connectivity index (χ0) is 22.8. The van der Waals surface area contributed by atoms with Gasteiger partial charge in [-0.15, -0.1) is 0 Å². The van der Waals surface area contributed by atoms with Crippen molar-refractivity contribution in [2.75, 3.05) is 30.4 Å². The lowest BCUT2D eigenvalue weighted by Crippen LogP contribution is -2.42. The minimum Gasteiger partial charge on any atom is -0.322 e. The maximum atomic E-state index is 13.1. The number of piperidine rings is 1. The predicted molar refractivity (Wildman–Crippen MR) is 122 cm³/mol. The highest BCUT2D eigenvalue weighted by Crippen LogP contribution is 2.27. The van der Waals surface area contributed by atoms with E-state index in [4.69, 9.17) is 0 Å². The molecule has 2 aromatic carbocycles. The van der Waals surface area contributed by atoms with Crippen molar-refractivity contribution in [2.45, 2.75) is 32.1 Å². The van der Waals surface area contributed by atoms with Crippen molar-refractivity contribution >= 4 is 33.2 Å². The maximum Gasteiger partial charge on any atom is 0.255 e. The van der Waals surface area contributed by atoms with E-state index in [1.165, 1.54) is 28.3 Å². The Morgan fingerprint density at radius 3 is 2.23 bits per heavy atom. The molecule has 0 spiro atoms. The predicted octanol–water partition coefficient (Wildman–Crippen LogP) is 3.59. The summed E-state index contributed by atoms with van der Waals surface area (Å²) in [7, 11) is -1.99. The van der Waals surface area contributed by atoms with Crippen LogP contribution in [0.1, 0.15) is 37.6 Å². The number of benzene rings is 2. The molecule has 7 nitrogen and oxygen atoms in total. The lowest BCUT2D eigenvalue weighted by molar-refractivity contribution is -0.116. The fraction of sp³-hybridized carbons (Fsp3) is 0.391. The number of sulfonamides is 1. The third kappa shape index (κ3) is 5.32. The Kier molecular flexibility index (Phi) is 6.81. The molecule has 166 valence electrons. The summed E-state index contributed by atoms with van der Waals surface area (Å²) >= 11 is 0. The van der Waals surface area contributed by atoms with Gasteiger partial charge in [0.25, 0.3) is 5.91 Å². The molecular weight excluding hydrogens is 414 g/mol. The Bertz CT molecular complexity index is 1060. The summed E-state index contributed by atoms with van der Waals surface area (Å²) in [6.45, 7) is 6.57. The standard InChI is InChI=1S/C23H29N3O4S/c1-16-12-17(2)15-26(14-16)31(29,30)22-7-5-6-19(13-22)23(28)24-20-8-10-21(11-9-20)25(4)18(3)27/h5-11,13,16-17H,12,14-15H2,1-4H3,(H,24,28). The van der Waals surface area contributed by atoms with E-state index in [1.807, 2.05) is 0 Å². The van der Waals surface area contributed by atoms with E-state index in [0.29, 0.717) is 36.3 Å². The second-order valence-electron chi connectivity index (χ2n) is 8.37. The van der Waals surface area contributed by atoms with Crippen LogP contribution >= 0.6 is 0 Å². The molecule has 0 aliphatic carbocycles. The number of nitrogens with one attached hydrogen (secondary N) is 1. The number of rotatable bonds is 5. The van der Waals surface area contributed by atoms with Crippen molar-refractivity contribution in [1.29, 1.82) is 0 Å². The van der Waals surface area contributed by atoms with Crippen LogP contribution in [-0.2, 0) is 14.8 Å². The SMILES string of the molecule is CC(=O)N(C)c1ccc(NC(=O)c2cccc(S(=O)(=O)N3CC(C)CC(C)C3)c2)cc1. The first-order valence-electron chi connectivity index (χ1n) is 10.3. The van der Waals surface area contributed by atoms with Crippen molar-refractivity contribution < 1.29 is 18.0 Å². The highest BCUT2D eigenvalue weighted by molar-refractivity contribution is 7.89. The van der Waals surface area contributed by atoms with Crippen LogP contribution in [0, 0.1) is 11.8 Å². The van der Waals surface area contributed by atoms with Crippen LogP contribution in [0.15, 0.2) is 53.4 Å². The monoisotopic (exact) mass is 443 g/mol. The van der Waals surface area contributed by atoms with Gasteiger partial charge in [-0.3, -0.25) is 9.59 Å². The molecule has 3 rings (SSSR count). The second-order valence-corrected chi connectivity index (χ2v) is 10.3. The van der Waals surface area contributed by atoms with E-state index in [1.54, 1.807) is 43.4 Å². The number of hydrogen-bond acceptors (Lipinski definition) is 4. The van der Waals surface area contributed by atoms with Crippen molar-refractivity contribution in [3.8, 4) is 0 Å². The van der Waals surface area contributed by atoms with E-state index in [9.17, 15) is 18.0 Å². The average Bonchev–Trinajstić information content (AvgIpc) is 2.73. The minimum absolute atomic E-state index is 0.0905. The van der Waals surface area contributed by atoms with Gasteiger partial charge in [-0.25, -0.2) is 8.42 Å². The highest BCUT2D eigenvalue weighted by Gasteiger charge is 2.32. The first-order chi connectivity index (χ1) is 14.6. The minimum atomic E-state index is -3.66. The van der Waals surface area contributed by atoms with E-state index in [2.05, 4.69) is 19.2 Å². The number of nitrogens with zero attached hydrogens (tertiary/aromatic N) is 2. The Morgan fingerprint density at radius 2 is 1.65 bits per heavy atom. The number of carbonyl (C=O) groups is 2. The molecule has 1 aliphatic rings. The van der Waals surface area contributed by atoms with Gasteiger partial charge in [0.2, 0.25) is 15.9 Å². The van der Waals surface area contributed by atoms with Crippen molar-refractivity contribution in [3.05, 3.63) is 54.1 Å². The smallest absolute Gasteiger partial charge is 0.255 e. The average molecular weight is 444 g/mol. The van der Waals surface area contributed by atoms with E-state index in [0.717, 1.165) is 6.42 Å². The molecule has 1 heterocycles. The van der Waals surface area contributed by atoms with Crippen LogP contribution in [0.25, 0.3) is 0 Å². The second kappa shape index (κ2) is 9.20. The molecular formula is C23H29N3O4S. The van der Waals surface area contributed by atoms with Gasteiger partial charge >= 0.3 is 0 Å². The summed E-state index contributed by atoms with van der Waals surface area (Å²) in [5.74, 6) is 0.113. The van der Waals surface area contributed by atoms with Crippen LogP contribution in [0.3, 0.4) is 0 Å². The molecule has 1 fully saturated rings. The van der Waals surface area contributed by atoms with Gasteiger partial charge in [0.05, 0.1) is 4.90 Å². The van der Waals surface area contributed by atoms with Gasteiger partial charge in [0, 0.05) is 44.0 Å². The van der Waals surface area contributed by atoms with Gasteiger partial charge < -0.3 is 10.2 Å². The number of hydrogen-bond donors (Lipinski definition) is 1. The number of amides is 2. The van der Waals surface area contributed by atoms with Crippen LogP contribution < -0.4 is 10.2 Å². The van der Waals surface area contributed by atoms with Crippen molar-refractivity contribution in [2.24, 2.45) is 11.8 Å². The molecule has 1 aliphatic heterocycles. The number of carbonyl (C=O) groups excluding carboxylic acids is 2. The summed E-state index contributed by atoms with van der Waals surface area (Å²) in [5, 5.41) is 2.78. The Morgan fingerprint density at radius 1 is 1.03 bits per heavy atom. The Labute approximate surface area is 184 Å². The summed E-state index contributed by atoms with van der Waals surface area (Å²) in [6, 6.07) is 13.0. The molecule has 2 unspecified atom stereocenters. The fourth-order valence-electron chi connectivity index (χ4n) is 3.90. The first-order valence-corrected chi connectivity index (χ1v) is 11.8. The molecule has 1 N–H and O–H groups in total. The van der Waals surface area contributed by atoms with Crippen LogP contribution in [0.2, 0.25) is 0 Å². The van der Waals surface area contributed by atoms with Gasteiger partial charge in [-0.2, -0.15) is 4.31 Å². The quantitative estimate of drug-likeness (QED) is 0.765. The molecule has 0 bridgehead atoms. The molecule has 2 atom stereocenters. The maximum absolute atomic E-state index is 13.1. The largest absolute Gasteiger partial charge is 0.322 e. The summed E-state index contributed by atoms with van der Waals surface area (Å²) < 4.78 is 27.8. The summed E-state index contributed by atoms with van der Waals surface area (Å²) in [5.41, 5.74) is 1.53. The fourth-order valence-corrected chi connectivity index (χ4v) is 5.63. The molecule has 0 saturated carbocycles. The zero-order valence-electron chi connectivity index (χ0n) is 18.3. The van der Waals surface area contributed by atoms with Gasteiger partial charge in [0.1, 0.15) is 0 Å². The van der Waals surface area contributed by atoms with E-state index >= 15 is 0 Å². The molecule has 1 saturated heterocycles. The van der Waals surface area contributed by atoms with E-state index < -0.39 is 15.9 Å². The lowest BCUT2D eigenvalue weighted by atomic mass is 9.94. The lowest BCUT2D eigenvalue weighted by Gasteiger charge is -2.34. The molecule has 0 radical (unpaired) electrons. The van der Waals surface area contributed by atoms with E-state index in [-0.39, 0.29) is 16.4 Å². The third-order valence-electron chi connectivity index (χ3n) is 5.55. The first kappa shape index (κ1) is 23.0. The van der Waals surface area contributed by atoms with Crippen LogP contribution in [-0.4, -0.2) is 44.7 Å². The highest BCUT2D eigenvalue weighted by atomic mass is 32.2. The van der Waals surface area contributed by atoms with Crippen molar-refractivity contribution in [3.63, 3.8) is 0 Å². The third-order valence-corrected chi connectivity index (χ3v) is 7.38. The molecule has 2 aromatic rings. The normalized spacial score (nSPS) is 19.6. The Balaban J connectivity index is 1.76. The Hall–Kier alpha value is -2.71. The van der Waals surface area contributed by atoms with Crippen LogP contribution in [0.5, 0.6) is 0 Å². The van der Waals surface area contributed by atoms with Crippen molar-refractivity contribution in [1.82, 2.24) is 4.31 Å². The molecule has 0 aromatic heterocycles. The summed E-state index contributed by atoms with van der Waals surface area (Å²) in [4.78, 5) is 25.8.